The van der Waals surface area contributed by atoms with Crippen molar-refractivity contribution in [2.24, 2.45) is 5.73 Å². The molecule has 12 heteroatoms. The lowest BCUT2D eigenvalue weighted by Gasteiger charge is -2.15. The maximum absolute atomic E-state index is 13.3. The van der Waals surface area contributed by atoms with Gasteiger partial charge in [0.25, 0.3) is 0 Å². The number of Topliss-reactive ketones (excluding diaryl/α,β-unsaturated/α-hetero) is 1. The van der Waals surface area contributed by atoms with E-state index in [4.69, 9.17) is 33.7 Å². The first-order valence-electron chi connectivity index (χ1n) is 14.5. The van der Waals surface area contributed by atoms with Gasteiger partial charge in [-0.1, -0.05) is 35.3 Å². The second-order valence-corrected chi connectivity index (χ2v) is 12.1. The summed E-state index contributed by atoms with van der Waals surface area (Å²) < 4.78 is 31.5. The second-order valence-electron chi connectivity index (χ2n) is 11.3. The van der Waals surface area contributed by atoms with Crippen LogP contribution in [0, 0.1) is 11.6 Å². The molecule has 0 amide bonds. The summed E-state index contributed by atoms with van der Waals surface area (Å²) in [6.07, 6.45) is 11.2. The topological polar surface area (TPSA) is 121 Å². The zero-order valence-electron chi connectivity index (χ0n) is 24.5. The average molecular weight is 655 g/mol. The first kappa shape index (κ1) is 32.5. The molecule has 0 unspecified atom stereocenters. The number of benzene rings is 2. The zero-order valence-corrected chi connectivity index (χ0v) is 26.0. The Balaban J connectivity index is 0.000000178. The summed E-state index contributed by atoms with van der Waals surface area (Å²) in [6.45, 7) is 2.01. The Morgan fingerprint density at radius 3 is 1.56 bits per heavy atom. The van der Waals surface area contributed by atoms with Gasteiger partial charge in [0.1, 0.15) is 23.3 Å². The van der Waals surface area contributed by atoms with Crippen molar-refractivity contribution in [2.45, 2.75) is 56.3 Å². The van der Waals surface area contributed by atoms with Gasteiger partial charge in [0, 0.05) is 48.5 Å². The van der Waals surface area contributed by atoms with E-state index in [9.17, 15) is 18.4 Å². The molecule has 2 saturated carbocycles. The van der Waals surface area contributed by atoms with Crippen LogP contribution in [0.4, 0.5) is 8.78 Å². The summed E-state index contributed by atoms with van der Waals surface area (Å²) in [6, 6.07) is 9.67. The SMILES string of the molecule is CCOC(=O)c1cnc(CC2(c3ccc(F)c(Cl)c3)CC2)nc1.NCC(=O)c1cnc(CC2(c3ccc(F)c(Cl)c3)CC2)nc1. The van der Waals surface area contributed by atoms with E-state index in [0.717, 1.165) is 36.8 Å². The summed E-state index contributed by atoms with van der Waals surface area (Å²) in [4.78, 5) is 40.0. The van der Waals surface area contributed by atoms with Gasteiger partial charge in [0.05, 0.1) is 34.3 Å². The fourth-order valence-electron chi connectivity index (χ4n) is 5.17. The lowest BCUT2D eigenvalue weighted by molar-refractivity contribution is 0.0525. The number of carbonyl (C=O) groups is 2. The highest BCUT2D eigenvalue weighted by molar-refractivity contribution is 6.31. The van der Waals surface area contributed by atoms with E-state index in [-0.39, 0.29) is 33.2 Å². The number of aromatic nitrogens is 4. The molecule has 2 aromatic heterocycles. The van der Waals surface area contributed by atoms with Crippen molar-refractivity contribution in [1.29, 1.82) is 0 Å². The van der Waals surface area contributed by atoms with Gasteiger partial charge in [-0.05, 0) is 68.0 Å². The Morgan fingerprint density at radius 2 is 1.20 bits per heavy atom. The molecule has 0 spiro atoms. The molecule has 0 bridgehead atoms. The van der Waals surface area contributed by atoms with Crippen molar-refractivity contribution < 1.29 is 23.1 Å². The van der Waals surface area contributed by atoms with E-state index in [0.29, 0.717) is 42.2 Å². The number of carbonyl (C=O) groups excluding carboxylic acids is 2. The lowest BCUT2D eigenvalue weighted by atomic mass is 9.92. The molecule has 0 aliphatic heterocycles. The van der Waals surface area contributed by atoms with Gasteiger partial charge in [0.15, 0.2) is 5.78 Å². The molecule has 2 heterocycles. The number of ketones is 1. The number of nitrogens with two attached hydrogens (primary N) is 1. The number of rotatable bonds is 10. The highest BCUT2D eigenvalue weighted by Crippen LogP contribution is 2.51. The molecule has 2 aliphatic carbocycles. The van der Waals surface area contributed by atoms with E-state index >= 15 is 0 Å². The number of halogens is 4. The second kappa shape index (κ2) is 13.6. The molecule has 8 nitrogen and oxygen atoms in total. The predicted octanol–water partition coefficient (Wildman–Crippen LogP) is 6.40. The zero-order chi connectivity index (χ0) is 32.2. The van der Waals surface area contributed by atoms with Crippen LogP contribution in [-0.4, -0.2) is 44.8 Å². The van der Waals surface area contributed by atoms with Crippen LogP contribution in [0.15, 0.2) is 61.2 Å². The first-order valence-corrected chi connectivity index (χ1v) is 15.3. The van der Waals surface area contributed by atoms with Crippen LogP contribution < -0.4 is 5.73 Å². The standard InChI is InChI=1S/C17H16ClFN2O2.C16H15ClFN3O/c1-2-23-16(22)11-9-20-15(21-10-11)8-17(5-6-17)12-3-4-14(19)13(18)7-12;17-12-5-11(1-2-13(12)18)16(3-4-16)6-15-20-8-10(9-21-15)14(22)7-19/h3-4,7,9-10H,2,5-6,8H2,1H3;1-2,5,8-9H,3-4,6-7,19H2. The monoisotopic (exact) mass is 653 g/mol. The molecule has 0 atom stereocenters. The number of hydrogen-bond donors (Lipinski definition) is 1. The summed E-state index contributed by atoms with van der Waals surface area (Å²) in [5.74, 6) is -0.130. The molecule has 2 aliphatic rings. The van der Waals surface area contributed by atoms with Crippen molar-refractivity contribution in [2.75, 3.05) is 13.2 Å². The van der Waals surface area contributed by atoms with Gasteiger partial charge in [-0.2, -0.15) is 0 Å². The smallest absolute Gasteiger partial charge is 0.341 e. The molecule has 45 heavy (non-hydrogen) atoms. The van der Waals surface area contributed by atoms with E-state index in [2.05, 4.69) is 19.9 Å². The third kappa shape index (κ3) is 7.69. The van der Waals surface area contributed by atoms with Crippen LogP contribution in [-0.2, 0) is 28.4 Å². The number of ether oxygens (including phenoxy) is 1. The van der Waals surface area contributed by atoms with E-state index in [1.54, 1.807) is 31.2 Å². The van der Waals surface area contributed by atoms with Gasteiger partial charge in [0.2, 0.25) is 0 Å². The van der Waals surface area contributed by atoms with E-state index in [1.165, 1.54) is 36.9 Å². The molecule has 2 aromatic carbocycles. The maximum Gasteiger partial charge on any atom is 0.341 e. The quantitative estimate of drug-likeness (QED) is 0.154. The van der Waals surface area contributed by atoms with Gasteiger partial charge < -0.3 is 10.5 Å². The van der Waals surface area contributed by atoms with Crippen molar-refractivity contribution >= 4 is 35.0 Å². The Labute approximate surface area is 269 Å². The van der Waals surface area contributed by atoms with E-state index in [1.807, 2.05) is 0 Å². The molecule has 2 N–H and O–H groups in total. The summed E-state index contributed by atoms with van der Waals surface area (Å²) >= 11 is 11.7. The third-order valence-electron chi connectivity index (χ3n) is 8.19. The average Bonchev–Trinajstić information content (AvgIpc) is 3.98. The van der Waals surface area contributed by atoms with Crippen LogP contribution in [0.3, 0.4) is 0 Å². The van der Waals surface area contributed by atoms with Gasteiger partial charge >= 0.3 is 5.97 Å². The van der Waals surface area contributed by atoms with E-state index < -0.39 is 17.6 Å². The Morgan fingerprint density at radius 1 is 0.778 bits per heavy atom. The molecular weight excluding hydrogens is 623 g/mol. The van der Waals surface area contributed by atoms with Crippen LogP contribution >= 0.6 is 23.2 Å². The minimum absolute atomic E-state index is 0.0548. The lowest BCUT2D eigenvalue weighted by Crippen LogP contribution is -2.16. The summed E-state index contributed by atoms with van der Waals surface area (Å²) in [5.41, 5.74) is 7.92. The highest BCUT2D eigenvalue weighted by atomic mass is 35.5. The van der Waals surface area contributed by atoms with Crippen LogP contribution in [0.5, 0.6) is 0 Å². The molecule has 0 saturated heterocycles. The van der Waals surface area contributed by atoms with Crippen LogP contribution in [0.2, 0.25) is 10.0 Å². The summed E-state index contributed by atoms with van der Waals surface area (Å²) in [5, 5.41) is 0.265. The largest absolute Gasteiger partial charge is 0.462 e. The Hall–Kier alpha value is -3.86. The fraction of sp³-hybridized carbons (Fsp3) is 0.333. The molecule has 0 radical (unpaired) electrons. The van der Waals surface area contributed by atoms with Crippen LogP contribution in [0.25, 0.3) is 0 Å². The molecular formula is C33H31Cl2F2N5O3. The van der Waals surface area contributed by atoms with Gasteiger partial charge in [-0.3, -0.25) is 4.79 Å². The first-order chi connectivity index (χ1) is 21.6. The number of hydrogen-bond acceptors (Lipinski definition) is 8. The third-order valence-corrected chi connectivity index (χ3v) is 8.77. The fourth-order valence-corrected chi connectivity index (χ4v) is 5.53. The molecule has 6 rings (SSSR count). The minimum Gasteiger partial charge on any atom is -0.462 e. The maximum atomic E-state index is 13.3. The Kier molecular flexibility index (Phi) is 9.86. The van der Waals surface area contributed by atoms with Crippen molar-refractivity contribution in [3.63, 3.8) is 0 Å². The van der Waals surface area contributed by atoms with Crippen molar-refractivity contribution in [3.05, 3.63) is 117 Å². The number of esters is 1. The normalized spacial score (nSPS) is 15.4. The molecule has 234 valence electrons. The van der Waals surface area contributed by atoms with Crippen LogP contribution in [0.1, 0.15) is 76.1 Å². The molecule has 2 fully saturated rings. The van der Waals surface area contributed by atoms with Gasteiger partial charge in [-0.25, -0.2) is 33.5 Å². The predicted molar refractivity (Wildman–Crippen MR) is 165 cm³/mol. The van der Waals surface area contributed by atoms with Crippen molar-refractivity contribution in [3.8, 4) is 0 Å². The van der Waals surface area contributed by atoms with Crippen molar-refractivity contribution in [1.82, 2.24) is 19.9 Å². The Bertz CT molecular complexity index is 1700. The minimum atomic E-state index is -0.425. The molecule has 4 aromatic rings. The summed E-state index contributed by atoms with van der Waals surface area (Å²) in [7, 11) is 0. The highest BCUT2D eigenvalue weighted by Gasteiger charge is 2.46. The number of nitrogens with zero attached hydrogens (tertiary/aromatic N) is 4. The van der Waals surface area contributed by atoms with Gasteiger partial charge in [-0.15, -0.1) is 0 Å².